The highest BCUT2D eigenvalue weighted by Crippen LogP contribution is 2.16. The van der Waals surface area contributed by atoms with Crippen LogP contribution in [0.1, 0.15) is 37.0 Å². The molecule has 0 radical (unpaired) electrons. The van der Waals surface area contributed by atoms with E-state index in [0.29, 0.717) is 5.92 Å². The molecular weight excluding hydrogens is 238 g/mol. The summed E-state index contributed by atoms with van der Waals surface area (Å²) in [6.07, 6.45) is 5.77. The average Bonchev–Trinajstić information content (AvgIpc) is 2.46. The number of pyridine rings is 1. The van der Waals surface area contributed by atoms with Crippen LogP contribution in [-0.2, 0) is 0 Å². The first-order valence-electron chi connectivity index (χ1n) is 7.10. The molecule has 0 aromatic carbocycles. The van der Waals surface area contributed by atoms with Gasteiger partial charge < -0.3 is 10.2 Å². The molecule has 0 aliphatic carbocycles. The summed E-state index contributed by atoms with van der Waals surface area (Å²) in [6, 6.07) is 3.80. The van der Waals surface area contributed by atoms with Crippen molar-refractivity contribution in [1.82, 2.24) is 15.2 Å². The number of nitrogens with zero attached hydrogens (tertiary/aromatic N) is 2. The lowest BCUT2D eigenvalue weighted by Gasteiger charge is -2.33. The van der Waals surface area contributed by atoms with E-state index in [9.17, 15) is 4.79 Å². The lowest BCUT2D eigenvalue weighted by atomic mass is 9.98. The third-order valence-corrected chi connectivity index (χ3v) is 3.67. The normalized spacial score (nSPS) is 19.4. The first-order valence-corrected chi connectivity index (χ1v) is 7.10. The second-order valence-electron chi connectivity index (χ2n) is 5.50. The van der Waals surface area contributed by atoms with Gasteiger partial charge in [-0.05, 0) is 57.8 Å². The van der Waals surface area contributed by atoms with Crippen LogP contribution < -0.4 is 5.32 Å². The third kappa shape index (κ3) is 3.77. The summed E-state index contributed by atoms with van der Waals surface area (Å²) < 4.78 is 0. The molecule has 1 aliphatic heterocycles. The van der Waals surface area contributed by atoms with Crippen molar-refractivity contribution in [1.29, 1.82) is 0 Å². The van der Waals surface area contributed by atoms with Crippen molar-refractivity contribution in [2.45, 2.75) is 32.7 Å². The molecule has 4 nitrogen and oxygen atoms in total. The van der Waals surface area contributed by atoms with Crippen molar-refractivity contribution in [3.05, 3.63) is 30.1 Å². The van der Waals surface area contributed by atoms with Crippen molar-refractivity contribution >= 4 is 5.91 Å². The van der Waals surface area contributed by atoms with E-state index in [-0.39, 0.29) is 11.9 Å². The predicted molar refractivity (Wildman–Crippen MR) is 76.0 cm³/mol. The van der Waals surface area contributed by atoms with Gasteiger partial charge in [0.1, 0.15) is 0 Å². The lowest BCUT2D eigenvalue weighted by Crippen LogP contribution is -2.44. The van der Waals surface area contributed by atoms with E-state index in [1.54, 1.807) is 24.5 Å². The van der Waals surface area contributed by atoms with E-state index >= 15 is 0 Å². The standard InChI is InChI=1S/C15H23N3O/c1-12(2)18(11-13-4-3-7-17-10-13)15(19)14-5-8-16-9-6-14/h5-6,8-9,12-13,17H,3-4,7,10-11H2,1-2H3. The number of carbonyl (C=O) groups is 1. The van der Waals surface area contributed by atoms with Gasteiger partial charge in [0, 0.05) is 30.5 Å². The van der Waals surface area contributed by atoms with Crippen LogP contribution in [0.15, 0.2) is 24.5 Å². The van der Waals surface area contributed by atoms with Gasteiger partial charge >= 0.3 is 0 Å². The fourth-order valence-electron chi connectivity index (χ4n) is 2.55. The Bertz CT molecular complexity index is 399. The molecule has 0 spiro atoms. The second-order valence-corrected chi connectivity index (χ2v) is 5.50. The minimum absolute atomic E-state index is 0.114. The largest absolute Gasteiger partial charge is 0.336 e. The average molecular weight is 261 g/mol. The summed E-state index contributed by atoms with van der Waals surface area (Å²) in [5.74, 6) is 0.685. The first-order chi connectivity index (χ1) is 9.18. The van der Waals surface area contributed by atoms with Crippen LogP contribution >= 0.6 is 0 Å². The smallest absolute Gasteiger partial charge is 0.254 e. The number of aromatic nitrogens is 1. The summed E-state index contributed by atoms with van der Waals surface area (Å²) in [7, 11) is 0. The van der Waals surface area contributed by atoms with E-state index < -0.39 is 0 Å². The van der Waals surface area contributed by atoms with Crippen LogP contribution in [0, 0.1) is 5.92 Å². The van der Waals surface area contributed by atoms with Crippen molar-refractivity contribution in [3.8, 4) is 0 Å². The maximum absolute atomic E-state index is 12.5. The Kier molecular flexibility index (Phi) is 4.91. The zero-order chi connectivity index (χ0) is 13.7. The predicted octanol–water partition coefficient (Wildman–Crippen LogP) is 1.93. The van der Waals surface area contributed by atoms with Crippen LogP contribution in [0.5, 0.6) is 0 Å². The topological polar surface area (TPSA) is 45.2 Å². The Morgan fingerprint density at radius 2 is 2.21 bits per heavy atom. The highest BCUT2D eigenvalue weighted by Gasteiger charge is 2.23. The third-order valence-electron chi connectivity index (χ3n) is 3.67. The fourth-order valence-corrected chi connectivity index (χ4v) is 2.55. The molecule has 2 rings (SSSR count). The molecule has 4 heteroatoms. The summed E-state index contributed by atoms with van der Waals surface area (Å²) in [4.78, 5) is 18.5. The summed E-state index contributed by atoms with van der Waals surface area (Å²) in [5.41, 5.74) is 0.729. The summed E-state index contributed by atoms with van der Waals surface area (Å²) in [6.45, 7) is 7.12. The van der Waals surface area contributed by atoms with Crippen molar-refractivity contribution in [3.63, 3.8) is 0 Å². The second kappa shape index (κ2) is 6.66. The van der Waals surface area contributed by atoms with E-state index in [2.05, 4.69) is 24.1 Å². The molecule has 19 heavy (non-hydrogen) atoms. The zero-order valence-electron chi connectivity index (χ0n) is 11.8. The zero-order valence-corrected chi connectivity index (χ0v) is 11.8. The van der Waals surface area contributed by atoms with Crippen molar-refractivity contribution in [2.24, 2.45) is 5.92 Å². The quantitative estimate of drug-likeness (QED) is 0.901. The minimum atomic E-state index is 0.114. The number of amides is 1. The molecule has 1 saturated heterocycles. The minimum Gasteiger partial charge on any atom is -0.336 e. The number of rotatable bonds is 4. The Hall–Kier alpha value is -1.42. The summed E-state index contributed by atoms with van der Waals surface area (Å²) >= 11 is 0. The molecule has 104 valence electrons. The van der Waals surface area contributed by atoms with E-state index in [1.165, 1.54) is 12.8 Å². The van der Waals surface area contributed by atoms with Crippen LogP contribution in [0.25, 0.3) is 0 Å². The van der Waals surface area contributed by atoms with Crippen molar-refractivity contribution in [2.75, 3.05) is 19.6 Å². The molecule has 0 bridgehead atoms. The molecule has 0 saturated carbocycles. The molecule has 1 amide bonds. The summed E-state index contributed by atoms with van der Waals surface area (Å²) in [5, 5.41) is 3.41. The Morgan fingerprint density at radius 1 is 1.47 bits per heavy atom. The van der Waals surface area contributed by atoms with Crippen LogP contribution in [0.3, 0.4) is 0 Å². The van der Waals surface area contributed by atoms with Crippen LogP contribution in [0.2, 0.25) is 0 Å². The molecule has 1 aromatic rings. The number of carbonyl (C=O) groups excluding carboxylic acids is 1. The fraction of sp³-hybridized carbons (Fsp3) is 0.600. The number of piperidine rings is 1. The maximum atomic E-state index is 12.5. The molecule has 1 aromatic heterocycles. The maximum Gasteiger partial charge on any atom is 0.254 e. The van der Waals surface area contributed by atoms with Gasteiger partial charge in [0.2, 0.25) is 0 Å². The molecular formula is C15H23N3O. The van der Waals surface area contributed by atoms with Gasteiger partial charge in [-0.25, -0.2) is 0 Å². The molecule has 1 N–H and O–H groups in total. The highest BCUT2D eigenvalue weighted by molar-refractivity contribution is 5.94. The lowest BCUT2D eigenvalue weighted by molar-refractivity contribution is 0.0660. The Labute approximate surface area is 115 Å². The van der Waals surface area contributed by atoms with Gasteiger partial charge in [0.15, 0.2) is 0 Å². The molecule has 2 heterocycles. The van der Waals surface area contributed by atoms with Gasteiger partial charge in [-0.1, -0.05) is 0 Å². The monoisotopic (exact) mass is 261 g/mol. The Morgan fingerprint density at radius 3 is 2.79 bits per heavy atom. The Balaban J connectivity index is 2.05. The van der Waals surface area contributed by atoms with Gasteiger partial charge in [-0.15, -0.1) is 0 Å². The first kappa shape index (κ1) is 14.0. The van der Waals surface area contributed by atoms with Crippen LogP contribution in [-0.4, -0.2) is 41.5 Å². The van der Waals surface area contributed by atoms with Gasteiger partial charge in [0.25, 0.3) is 5.91 Å². The van der Waals surface area contributed by atoms with E-state index in [4.69, 9.17) is 0 Å². The van der Waals surface area contributed by atoms with Crippen molar-refractivity contribution < 1.29 is 4.79 Å². The number of nitrogens with one attached hydrogen (secondary N) is 1. The number of hydrogen-bond donors (Lipinski definition) is 1. The van der Waals surface area contributed by atoms with Gasteiger partial charge in [-0.2, -0.15) is 0 Å². The molecule has 1 unspecified atom stereocenters. The molecule has 1 atom stereocenters. The van der Waals surface area contributed by atoms with Gasteiger partial charge in [-0.3, -0.25) is 9.78 Å². The SMILES string of the molecule is CC(C)N(CC1CCCNC1)C(=O)c1ccncc1. The number of hydrogen-bond acceptors (Lipinski definition) is 3. The molecule has 1 fully saturated rings. The molecule has 1 aliphatic rings. The highest BCUT2D eigenvalue weighted by atomic mass is 16.2. The van der Waals surface area contributed by atoms with E-state index in [0.717, 1.165) is 25.2 Å². The van der Waals surface area contributed by atoms with Gasteiger partial charge in [0.05, 0.1) is 0 Å². The van der Waals surface area contributed by atoms with E-state index in [1.807, 2.05) is 4.90 Å². The van der Waals surface area contributed by atoms with Crippen LogP contribution in [0.4, 0.5) is 0 Å².